The van der Waals surface area contributed by atoms with Crippen LogP contribution < -0.4 is 11.1 Å². The summed E-state index contributed by atoms with van der Waals surface area (Å²) in [6, 6.07) is 3.84. The number of H-pyrrole nitrogens is 1. The Kier molecular flexibility index (Phi) is 2.26. The third kappa shape index (κ3) is 1.98. The number of hydrogen-bond donors (Lipinski definition) is 3. The molecule has 0 saturated carbocycles. The van der Waals surface area contributed by atoms with Gasteiger partial charge in [-0.05, 0) is 17.7 Å². The van der Waals surface area contributed by atoms with Crippen molar-refractivity contribution in [3.8, 4) is 0 Å². The maximum Gasteiger partial charge on any atom is 0.243 e. The Morgan fingerprint density at radius 2 is 2.14 bits per heavy atom. The molecule has 0 saturated heterocycles. The largest absolute Gasteiger partial charge is 0.368 e. The Morgan fingerprint density at radius 3 is 2.79 bits per heavy atom. The minimum absolute atomic E-state index is 0.308. The number of anilines is 2. The van der Waals surface area contributed by atoms with Crippen molar-refractivity contribution in [3.63, 3.8) is 0 Å². The number of pyridine rings is 1. The molecule has 14 heavy (non-hydrogen) atoms. The smallest absolute Gasteiger partial charge is 0.243 e. The Morgan fingerprint density at radius 1 is 1.36 bits per heavy atom. The van der Waals surface area contributed by atoms with E-state index in [0.29, 0.717) is 18.4 Å². The number of nitrogens with zero attached hydrogens (tertiary/aromatic N) is 3. The van der Waals surface area contributed by atoms with Gasteiger partial charge >= 0.3 is 0 Å². The molecule has 2 heterocycles. The Bertz CT molecular complexity index is 395. The molecule has 2 rings (SSSR count). The van der Waals surface area contributed by atoms with Gasteiger partial charge in [0.2, 0.25) is 11.9 Å². The molecule has 4 N–H and O–H groups in total. The molecule has 6 nitrogen and oxygen atoms in total. The van der Waals surface area contributed by atoms with Crippen molar-refractivity contribution in [1.29, 1.82) is 0 Å². The molecule has 0 aliphatic carbocycles. The highest BCUT2D eigenvalue weighted by Gasteiger charge is 1.98. The molecule has 0 amide bonds. The van der Waals surface area contributed by atoms with E-state index in [9.17, 15) is 0 Å². The van der Waals surface area contributed by atoms with Crippen LogP contribution in [0.3, 0.4) is 0 Å². The molecule has 0 unspecified atom stereocenters. The molecular weight excluding hydrogens is 180 g/mol. The highest BCUT2D eigenvalue weighted by Crippen LogP contribution is 2.02. The fourth-order valence-corrected chi connectivity index (χ4v) is 1.04. The lowest BCUT2D eigenvalue weighted by Gasteiger charge is -2.00. The minimum Gasteiger partial charge on any atom is -0.368 e. The lowest BCUT2D eigenvalue weighted by atomic mass is 10.3. The van der Waals surface area contributed by atoms with E-state index < -0.39 is 0 Å². The van der Waals surface area contributed by atoms with Gasteiger partial charge in [-0.15, -0.1) is 5.10 Å². The zero-order valence-electron chi connectivity index (χ0n) is 7.44. The normalized spacial score (nSPS) is 10.0. The van der Waals surface area contributed by atoms with E-state index in [4.69, 9.17) is 5.73 Å². The summed E-state index contributed by atoms with van der Waals surface area (Å²) in [5, 5.41) is 9.41. The van der Waals surface area contributed by atoms with Gasteiger partial charge in [-0.3, -0.25) is 4.98 Å². The summed E-state index contributed by atoms with van der Waals surface area (Å²) in [5.74, 6) is 0.807. The minimum atomic E-state index is 0.308. The highest BCUT2D eigenvalue weighted by atomic mass is 15.3. The molecule has 0 atom stereocenters. The second-order valence-corrected chi connectivity index (χ2v) is 2.75. The molecule has 0 bridgehead atoms. The Balaban J connectivity index is 1.95. The van der Waals surface area contributed by atoms with Crippen molar-refractivity contribution in [1.82, 2.24) is 20.2 Å². The third-order valence-electron chi connectivity index (χ3n) is 1.70. The van der Waals surface area contributed by atoms with Gasteiger partial charge in [0, 0.05) is 18.9 Å². The summed E-state index contributed by atoms with van der Waals surface area (Å²) in [7, 11) is 0. The van der Waals surface area contributed by atoms with Gasteiger partial charge in [0.25, 0.3) is 0 Å². The first-order chi connectivity index (χ1) is 6.84. The van der Waals surface area contributed by atoms with Crippen LogP contribution in [0.4, 0.5) is 11.9 Å². The fourth-order valence-electron chi connectivity index (χ4n) is 1.04. The molecular formula is C8H10N6. The average Bonchev–Trinajstić information content (AvgIpc) is 2.63. The Hall–Kier alpha value is -2.11. The maximum atomic E-state index is 5.37. The zero-order valence-corrected chi connectivity index (χ0v) is 7.44. The second-order valence-electron chi connectivity index (χ2n) is 2.75. The molecule has 0 aromatic carbocycles. The van der Waals surface area contributed by atoms with Gasteiger partial charge in [-0.1, -0.05) is 0 Å². The lowest BCUT2D eigenvalue weighted by molar-refractivity contribution is 1.04. The van der Waals surface area contributed by atoms with Crippen LogP contribution in [0.5, 0.6) is 0 Å². The summed E-state index contributed by atoms with van der Waals surface area (Å²) < 4.78 is 0. The topological polar surface area (TPSA) is 92.5 Å². The van der Waals surface area contributed by atoms with Crippen LogP contribution in [0.25, 0.3) is 0 Å². The van der Waals surface area contributed by atoms with E-state index >= 15 is 0 Å². The molecule has 2 aromatic heterocycles. The predicted octanol–water partition coefficient (Wildman–Crippen LogP) is 0.394. The number of rotatable bonds is 3. The van der Waals surface area contributed by atoms with E-state index in [-0.39, 0.29) is 0 Å². The molecule has 2 aromatic rings. The SMILES string of the molecule is Nc1nc(NCc2ccncc2)n[nH]1. The summed E-state index contributed by atoms with van der Waals surface area (Å²) in [6.07, 6.45) is 3.48. The van der Waals surface area contributed by atoms with Crippen molar-refractivity contribution < 1.29 is 0 Å². The molecule has 0 spiro atoms. The molecule has 0 fully saturated rings. The van der Waals surface area contributed by atoms with Crippen LogP contribution in [0.2, 0.25) is 0 Å². The second kappa shape index (κ2) is 3.73. The van der Waals surface area contributed by atoms with E-state index in [1.165, 1.54) is 0 Å². The quantitative estimate of drug-likeness (QED) is 0.651. The van der Waals surface area contributed by atoms with Crippen molar-refractivity contribution in [2.24, 2.45) is 0 Å². The highest BCUT2D eigenvalue weighted by molar-refractivity contribution is 5.30. The molecule has 0 aliphatic heterocycles. The number of aromatic nitrogens is 4. The number of nitrogens with one attached hydrogen (secondary N) is 2. The number of nitrogens with two attached hydrogens (primary N) is 1. The van der Waals surface area contributed by atoms with E-state index in [1.54, 1.807) is 12.4 Å². The molecule has 72 valence electrons. The van der Waals surface area contributed by atoms with Gasteiger partial charge in [0.05, 0.1) is 0 Å². The predicted molar refractivity (Wildman–Crippen MR) is 52.4 cm³/mol. The summed E-state index contributed by atoms with van der Waals surface area (Å²) in [4.78, 5) is 7.83. The summed E-state index contributed by atoms with van der Waals surface area (Å²) in [5.41, 5.74) is 6.48. The van der Waals surface area contributed by atoms with E-state index in [0.717, 1.165) is 5.56 Å². The van der Waals surface area contributed by atoms with Gasteiger partial charge in [-0.2, -0.15) is 4.98 Å². The zero-order chi connectivity index (χ0) is 9.80. The average molecular weight is 190 g/mol. The van der Waals surface area contributed by atoms with Crippen LogP contribution in [0.1, 0.15) is 5.56 Å². The van der Waals surface area contributed by atoms with Gasteiger partial charge in [0.1, 0.15) is 0 Å². The maximum absolute atomic E-state index is 5.37. The standard InChI is InChI=1S/C8H10N6/c9-7-12-8(14-13-7)11-5-6-1-3-10-4-2-6/h1-4H,5H2,(H4,9,11,12,13,14). The molecule has 0 aliphatic rings. The lowest BCUT2D eigenvalue weighted by Crippen LogP contribution is -2.00. The van der Waals surface area contributed by atoms with Gasteiger partial charge in [-0.25, -0.2) is 5.10 Å². The first-order valence-corrected chi connectivity index (χ1v) is 4.15. The van der Waals surface area contributed by atoms with Crippen LogP contribution in [0.15, 0.2) is 24.5 Å². The van der Waals surface area contributed by atoms with E-state index in [2.05, 4.69) is 25.5 Å². The van der Waals surface area contributed by atoms with Crippen LogP contribution in [-0.4, -0.2) is 20.2 Å². The summed E-state index contributed by atoms with van der Waals surface area (Å²) in [6.45, 7) is 0.653. The van der Waals surface area contributed by atoms with Crippen molar-refractivity contribution >= 4 is 11.9 Å². The monoisotopic (exact) mass is 190 g/mol. The molecule has 6 heteroatoms. The van der Waals surface area contributed by atoms with Crippen LogP contribution >= 0.6 is 0 Å². The van der Waals surface area contributed by atoms with Gasteiger partial charge < -0.3 is 11.1 Å². The Labute approximate surface area is 80.6 Å². The molecule has 0 radical (unpaired) electrons. The number of nitrogen functional groups attached to an aromatic ring is 1. The first-order valence-electron chi connectivity index (χ1n) is 4.15. The number of hydrogen-bond acceptors (Lipinski definition) is 5. The third-order valence-corrected chi connectivity index (χ3v) is 1.70. The van der Waals surface area contributed by atoms with Crippen molar-refractivity contribution in [2.75, 3.05) is 11.1 Å². The van der Waals surface area contributed by atoms with Crippen LogP contribution in [-0.2, 0) is 6.54 Å². The summed E-state index contributed by atoms with van der Waals surface area (Å²) >= 11 is 0. The number of aromatic amines is 1. The van der Waals surface area contributed by atoms with Crippen molar-refractivity contribution in [2.45, 2.75) is 6.54 Å². The first kappa shape index (κ1) is 8.49. The van der Waals surface area contributed by atoms with Crippen LogP contribution in [0, 0.1) is 0 Å². The van der Waals surface area contributed by atoms with Crippen molar-refractivity contribution in [3.05, 3.63) is 30.1 Å². The fraction of sp³-hybridized carbons (Fsp3) is 0.125. The van der Waals surface area contributed by atoms with Gasteiger partial charge in [0.15, 0.2) is 0 Å². The van der Waals surface area contributed by atoms with E-state index in [1.807, 2.05) is 12.1 Å².